The van der Waals surface area contributed by atoms with Crippen molar-refractivity contribution in [2.75, 3.05) is 26.4 Å². The molecule has 146 valence electrons. The van der Waals surface area contributed by atoms with E-state index in [9.17, 15) is 17.6 Å². The molecule has 26 heavy (non-hydrogen) atoms. The lowest BCUT2D eigenvalue weighted by Gasteiger charge is -2.14. The maximum absolute atomic E-state index is 13.5. The SMILES string of the molecule is CCCNC(=O)CCNC(=NC)NCc1cc(F)ccc1CS(C)(=O)=O. The molecule has 0 fully saturated rings. The van der Waals surface area contributed by atoms with Gasteiger partial charge in [0.05, 0.1) is 5.75 Å². The van der Waals surface area contributed by atoms with E-state index < -0.39 is 15.7 Å². The minimum Gasteiger partial charge on any atom is -0.356 e. The van der Waals surface area contributed by atoms with E-state index in [1.165, 1.54) is 18.2 Å². The molecule has 0 radical (unpaired) electrons. The minimum absolute atomic E-state index is 0.0460. The normalized spacial score (nSPS) is 11.9. The van der Waals surface area contributed by atoms with Crippen molar-refractivity contribution in [3.8, 4) is 0 Å². The molecular formula is C17H27FN4O3S. The maximum atomic E-state index is 13.5. The molecule has 0 aliphatic heterocycles. The maximum Gasteiger partial charge on any atom is 0.221 e. The standard InChI is InChI=1S/C17H27FN4O3S/c1-4-8-20-16(23)7-9-21-17(19-2)22-11-14-10-15(18)6-5-13(14)12-26(3,24)25/h5-6,10H,4,7-9,11-12H2,1-3H3,(H,20,23)(H2,19,21,22). The van der Waals surface area contributed by atoms with Crippen LogP contribution in [0.1, 0.15) is 30.9 Å². The van der Waals surface area contributed by atoms with Gasteiger partial charge in [-0.3, -0.25) is 9.79 Å². The third kappa shape index (κ3) is 8.80. The molecule has 3 N–H and O–H groups in total. The Bertz CT molecular complexity index is 736. The molecule has 9 heteroatoms. The highest BCUT2D eigenvalue weighted by Gasteiger charge is 2.11. The molecule has 0 saturated heterocycles. The smallest absolute Gasteiger partial charge is 0.221 e. The summed E-state index contributed by atoms with van der Waals surface area (Å²) in [6.07, 6.45) is 2.32. The summed E-state index contributed by atoms with van der Waals surface area (Å²) >= 11 is 0. The Morgan fingerprint density at radius 3 is 2.50 bits per heavy atom. The lowest BCUT2D eigenvalue weighted by Crippen LogP contribution is -2.39. The molecule has 1 aromatic carbocycles. The van der Waals surface area contributed by atoms with E-state index in [-0.39, 0.29) is 18.2 Å². The van der Waals surface area contributed by atoms with Gasteiger partial charge in [0.1, 0.15) is 5.82 Å². The first-order valence-electron chi connectivity index (χ1n) is 8.41. The van der Waals surface area contributed by atoms with E-state index >= 15 is 0 Å². The van der Waals surface area contributed by atoms with Gasteiger partial charge < -0.3 is 16.0 Å². The predicted octanol–water partition coefficient (Wildman–Crippen LogP) is 0.952. The van der Waals surface area contributed by atoms with Crippen LogP contribution in [0, 0.1) is 5.82 Å². The molecule has 7 nitrogen and oxygen atoms in total. The lowest BCUT2D eigenvalue weighted by atomic mass is 10.1. The number of amides is 1. The molecule has 0 unspecified atom stereocenters. The highest BCUT2D eigenvalue weighted by atomic mass is 32.2. The summed E-state index contributed by atoms with van der Waals surface area (Å²) in [6.45, 7) is 3.24. The van der Waals surface area contributed by atoms with Crippen molar-refractivity contribution in [1.29, 1.82) is 0 Å². The van der Waals surface area contributed by atoms with E-state index in [0.29, 0.717) is 36.6 Å². The third-order valence-electron chi connectivity index (χ3n) is 3.47. The fourth-order valence-corrected chi connectivity index (χ4v) is 3.08. The Balaban J connectivity index is 2.60. The van der Waals surface area contributed by atoms with Gasteiger partial charge >= 0.3 is 0 Å². The first-order chi connectivity index (χ1) is 12.2. The molecule has 0 aliphatic carbocycles. The zero-order chi connectivity index (χ0) is 19.6. The predicted molar refractivity (Wildman–Crippen MR) is 101 cm³/mol. The Morgan fingerprint density at radius 1 is 1.15 bits per heavy atom. The number of hydrogen-bond acceptors (Lipinski definition) is 4. The number of aliphatic imine (C=N–C) groups is 1. The van der Waals surface area contributed by atoms with Crippen LogP contribution in [0.25, 0.3) is 0 Å². The number of benzene rings is 1. The summed E-state index contributed by atoms with van der Waals surface area (Å²) in [6, 6.07) is 4.02. The van der Waals surface area contributed by atoms with Gasteiger partial charge in [0.25, 0.3) is 0 Å². The first-order valence-corrected chi connectivity index (χ1v) is 10.5. The van der Waals surface area contributed by atoms with E-state index in [2.05, 4.69) is 20.9 Å². The fraction of sp³-hybridized carbons (Fsp3) is 0.529. The lowest BCUT2D eigenvalue weighted by molar-refractivity contribution is -0.120. The van der Waals surface area contributed by atoms with Crippen LogP contribution in [0.15, 0.2) is 23.2 Å². The summed E-state index contributed by atoms with van der Waals surface area (Å²) < 4.78 is 36.6. The van der Waals surface area contributed by atoms with Crippen LogP contribution in [0.2, 0.25) is 0 Å². The second-order valence-electron chi connectivity index (χ2n) is 5.94. The van der Waals surface area contributed by atoms with Crippen LogP contribution in [-0.2, 0) is 26.9 Å². The Morgan fingerprint density at radius 2 is 1.88 bits per heavy atom. The number of halogens is 1. The number of carbonyl (C=O) groups is 1. The van der Waals surface area contributed by atoms with Crippen LogP contribution in [0.4, 0.5) is 4.39 Å². The molecule has 0 aromatic heterocycles. The van der Waals surface area contributed by atoms with Gasteiger partial charge in [-0.1, -0.05) is 13.0 Å². The van der Waals surface area contributed by atoms with Crippen LogP contribution in [0.5, 0.6) is 0 Å². The number of guanidine groups is 1. The molecule has 0 spiro atoms. The third-order valence-corrected chi connectivity index (χ3v) is 4.31. The Hall–Kier alpha value is -2.16. The van der Waals surface area contributed by atoms with Crippen LogP contribution in [0.3, 0.4) is 0 Å². The van der Waals surface area contributed by atoms with E-state index in [1.807, 2.05) is 6.92 Å². The van der Waals surface area contributed by atoms with Crippen molar-refractivity contribution in [2.45, 2.75) is 32.1 Å². The molecule has 1 rings (SSSR count). The van der Waals surface area contributed by atoms with Crippen LogP contribution < -0.4 is 16.0 Å². The highest BCUT2D eigenvalue weighted by molar-refractivity contribution is 7.89. The average Bonchev–Trinajstić information content (AvgIpc) is 2.57. The monoisotopic (exact) mass is 386 g/mol. The molecule has 1 amide bonds. The number of sulfone groups is 1. The van der Waals surface area contributed by atoms with E-state index in [4.69, 9.17) is 0 Å². The molecule has 0 saturated carbocycles. The van der Waals surface area contributed by atoms with Crippen molar-refractivity contribution in [1.82, 2.24) is 16.0 Å². The number of hydrogen-bond donors (Lipinski definition) is 3. The van der Waals surface area contributed by atoms with Gasteiger partial charge in [-0.2, -0.15) is 0 Å². The summed E-state index contributed by atoms with van der Waals surface area (Å²) in [5.41, 5.74) is 1.08. The summed E-state index contributed by atoms with van der Waals surface area (Å²) in [5, 5.41) is 8.78. The van der Waals surface area contributed by atoms with Crippen LogP contribution in [-0.4, -0.2) is 46.7 Å². The van der Waals surface area contributed by atoms with Crippen molar-refractivity contribution in [2.24, 2.45) is 4.99 Å². The molecule has 0 aliphatic rings. The quantitative estimate of drug-likeness (QED) is 0.433. The van der Waals surface area contributed by atoms with Gasteiger partial charge in [-0.15, -0.1) is 0 Å². The zero-order valence-electron chi connectivity index (χ0n) is 15.4. The van der Waals surface area contributed by atoms with Crippen molar-refractivity contribution < 1.29 is 17.6 Å². The topological polar surface area (TPSA) is 99.7 Å². The second kappa shape index (κ2) is 10.7. The Kier molecular flexibility index (Phi) is 9.04. The van der Waals surface area contributed by atoms with Gasteiger partial charge in [0.2, 0.25) is 5.91 Å². The molecule has 1 aromatic rings. The summed E-state index contributed by atoms with van der Waals surface area (Å²) in [4.78, 5) is 15.6. The fourth-order valence-electron chi connectivity index (χ4n) is 2.23. The Labute approximate surface area is 154 Å². The second-order valence-corrected chi connectivity index (χ2v) is 8.08. The molecule has 0 bridgehead atoms. The van der Waals surface area contributed by atoms with Crippen molar-refractivity contribution >= 4 is 21.7 Å². The van der Waals surface area contributed by atoms with Gasteiger partial charge in [-0.05, 0) is 29.7 Å². The molecular weight excluding hydrogens is 359 g/mol. The molecule has 0 atom stereocenters. The van der Waals surface area contributed by atoms with Crippen molar-refractivity contribution in [3.63, 3.8) is 0 Å². The van der Waals surface area contributed by atoms with E-state index in [0.717, 1.165) is 12.7 Å². The summed E-state index contributed by atoms with van der Waals surface area (Å²) in [7, 11) is -1.65. The van der Waals surface area contributed by atoms with Gasteiger partial charge in [0, 0.05) is 39.4 Å². The number of nitrogens with zero attached hydrogens (tertiary/aromatic N) is 1. The van der Waals surface area contributed by atoms with E-state index in [1.54, 1.807) is 7.05 Å². The number of nitrogens with one attached hydrogen (secondary N) is 3. The van der Waals surface area contributed by atoms with Gasteiger partial charge in [0.15, 0.2) is 15.8 Å². The highest BCUT2D eigenvalue weighted by Crippen LogP contribution is 2.14. The largest absolute Gasteiger partial charge is 0.356 e. The minimum atomic E-state index is -3.23. The first kappa shape index (κ1) is 21.9. The number of carbonyl (C=O) groups excluding carboxylic acids is 1. The number of rotatable bonds is 9. The van der Waals surface area contributed by atoms with Crippen molar-refractivity contribution in [3.05, 3.63) is 35.1 Å². The van der Waals surface area contributed by atoms with Gasteiger partial charge in [-0.25, -0.2) is 12.8 Å². The zero-order valence-corrected chi connectivity index (χ0v) is 16.2. The average molecular weight is 386 g/mol. The van der Waals surface area contributed by atoms with Crippen LogP contribution >= 0.6 is 0 Å². The molecule has 0 heterocycles. The summed E-state index contributed by atoms with van der Waals surface area (Å²) in [5.74, 6) is -0.193.